The fourth-order valence-electron chi connectivity index (χ4n) is 1.03. The van der Waals surface area contributed by atoms with Gasteiger partial charge in [0.2, 0.25) is 0 Å². The highest BCUT2D eigenvalue weighted by atomic mass is 16.2. The van der Waals surface area contributed by atoms with Gasteiger partial charge < -0.3 is 5.02 Å². The molecule has 1 N–H and O–H groups in total. The maximum atomic E-state index is 9.19. The van der Waals surface area contributed by atoms with Crippen molar-refractivity contribution in [3.8, 4) is 0 Å². The Hall–Kier alpha value is -0.755. The molecule has 0 saturated carbocycles. The van der Waals surface area contributed by atoms with E-state index in [2.05, 4.69) is 19.1 Å². The maximum Gasteiger partial charge on any atom is 0.320 e. The summed E-state index contributed by atoms with van der Waals surface area (Å²) in [4.78, 5) is 0. The first-order valence-corrected chi connectivity index (χ1v) is 4.01. The fraction of sp³-hybridized carbons (Fsp3) is 0.333. The van der Waals surface area contributed by atoms with Gasteiger partial charge in [-0.1, -0.05) is 38.0 Å². The first-order chi connectivity index (χ1) is 5.24. The maximum absolute atomic E-state index is 9.19. The lowest BCUT2D eigenvalue weighted by Crippen LogP contribution is -2.25. The molecule has 0 aliphatic heterocycles. The molecule has 1 nitrogen and oxygen atoms in total. The van der Waals surface area contributed by atoms with Crippen molar-refractivity contribution in [3.05, 3.63) is 29.8 Å². The van der Waals surface area contributed by atoms with E-state index >= 15 is 0 Å². The van der Waals surface area contributed by atoms with Crippen LogP contribution in [0.4, 0.5) is 0 Å². The van der Waals surface area contributed by atoms with E-state index in [1.807, 2.05) is 12.1 Å². The van der Waals surface area contributed by atoms with Crippen molar-refractivity contribution in [3.63, 3.8) is 0 Å². The highest BCUT2D eigenvalue weighted by Crippen LogP contribution is 1.97. The summed E-state index contributed by atoms with van der Waals surface area (Å²) in [6.07, 6.45) is 1.06. The average Bonchev–Trinajstić information content (AvgIpc) is 2.05. The Morgan fingerprint density at radius 1 is 1.27 bits per heavy atom. The molecule has 0 aromatic heterocycles. The third-order valence-corrected chi connectivity index (χ3v) is 1.87. The molecule has 0 saturated heterocycles. The van der Waals surface area contributed by atoms with Gasteiger partial charge in [0.25, 0.3) is 0 Å². The fourth-order valence-corrected chi connectivity index (χ4v) is 1.03. The van der Waals surface area contributed by atoms with Gasteiger partial charge in [-0.2, -0.15) is 0 Å². The molecular weight excluding hydrogens is 135 g/mol. The van der Waals surface area contributed by atoms with Crippen LogP contribution in [0.2, 0.25) is 6.82 Å². The van der Waals surface area contributed by atoms with Crippen LogP contribution in [0.25, 0.3) is 0 Å². The van der Waals surface area contributed by atoms with Crippen LogP contribution in [0, 0.1) is 0 Å². The Kier molecular flexibility index (Phi) is 2.72. The molecule has 1 aromatic carbocycles. The lowest BCUT2D eigenvalue weighted by Gasteiger charge is -2.01. The van der Waals surface area contributed by atoms with E-state index in [1.54, 1.807) is 6.82 Å². The lowest BCUT2D eigenvalue weighted by atomic mass is 9.64. The standard InChI is InChI=1S/C9H13BO/c1-3-8-4-6-9(7-5-8)10(2)11/h4-7,11H,3H2,1-2H3. The molecule has 0 bridgehead atoms. The molecule has 0 unspecified atom stereocenters. The van der Waals surface area contributed by atoms with Gasteiger partial charge in [0.1, 0.15) is 0 Å². The second kappa shape index (κ2) is 3.58. The molecule has 0 heterocycles. The van der Waals surface area contributed by atoms with Gasteiger partial charge in [-0.15, -0.1) is 0 Å². The van der Waals surface area contributed by atoms with Gasteiger partial charge in [-0.25, -0.2) is 0 Å². The first-order valence-electron chi connectivity index (χ1n) is 4.01. The summed E-state index contributed by atoms with van der Waals surface area (Å²) in [5, 5.41) is 9.19. The molecule has 0 radical (unpaired) electrons. The number of benzene rings is 1. The Morgan fingerprint density at radius 3 is 2.18 bits per heavy atom. The summed E-state index contributed by atoms with van der Waals surface area (Å²) in [6, 6.07) is 8.07. The predicted octanol–water partition coefficient (Wildman–Crippen LogP) is 1.07. The number of hydrogen-bond donors (Lipinski definition) is 1. The van der Waals surface area contributed by atoms with Crippen LogP contribution in [-0.4, -0.2) is 11.9 Å². The second-order valence-corrected chi connectivity index (χ2v) is 2.77. The molecule has 0 fully saturated rings. The molecule has 2 heteroatoms. The van der Waals surface area contributed by atoms with E-state index in [4.69, 9.17) is 0 Å². The highest BCUT2D eigenvalue weighted by Gasteiger charge is 2.04. The minimum atomic E-state index is -0.346. The van der Waals surface area contributed by atoms with Gasteiger partial charge in [0, 0.05) is 0 Å². The summed E-state index contributed by atoms with van der Waals surface area (Å²) in [5.41, 5.74) is 2.30. The molecule has 0 aliphatic carbocycles. The Bertz CT molecular complexity index is 216. The monoisotopic (exact) mass is 148 g/mol. The van der Waals surface area contributed by atoms with E-state index in [0.29, 0.717) is 0 Å². The number of rotatable bonds is 2. The largest absolute Gasteiger partial charge is 0.447 e. The van der Waals surface area contributed by atoms with E-state index < -0.39 is 0 Å². The molecular formula is C9H13BO. The van der Waals surface area contributed by atoms with Crippen molar-refractivity contribution in [2.75, 3.05) is 0 Å². The van der Waals surface area contributed by atoms with Crippen molar-refractivity contribution < 1.29 is 5.02 Å². The van der Waals surface area contributed by atoms with E-state index in [-0.39, 0.29) is 6.92 Å². The van der Waals surface area contributed by atoms with Crippen LogP contribution in [-0.2, 0) is 6.42 Å². The minimum Gasteiger partial charge on any atom is -0.447 e. The topological polar surface area (TPSA) is 20.2 Å². The third-order valence-electron chi connectivity index (χ3n) is 1.87. The summed E-state index contributed by atoms with van der Waals surface area (Å²) in [7, 11) is 0. The van der Waals surface area contributed by atoms with Gasteiger partial charge in [0.15, 0.2) is 0 Å². The van der Waals surface area contributed by atoms with Crippen LogP contribution in [0.15, 0.2) is 24.3 Å². The van der Waals surface area contributed by atoms with Crippen LogP contribution in [0.1, 0.15) is 12.5 Å². The molecule has 1 rings (SSSR count). The lowest BCUT2D eigenvalue weighted by molar-refractivity contribution is 0.594. The summed E-state index contributed by atoms with van der Waals surface area (Å²) in [5.74, 6) is 0. The molecule has 0 aliphatic rings. The molecule has 0 atom stereocenters. The number of hydrogen-bond acceptors (Lipinski definition) is 1. The van der Waals surface area contributed by atoms with Crippen molar-refractivity contribution in [2.45, 2.75) is 20.2 Å². The van der Waals surface area contributed by atoms with E-state index in [1.165, 1.54) is 5.56 Å². The molecule has 58 valence electrons. The molecule has 11 heavy (non-hydrogen) atoms. The quantitative estimate of drug-likeness (QED) is 0.622. The highest BCUT2D eigenvalue weighted by molar-refractivity contribution is 6.64. The van der Waals surface area contributed by atoms with Crippen molar-refractivity contribution in [2.24, 2.45) is 0 Å². The summed E-state index contributed by atoms with van der Waals surface area (Å²) < 4.78 is 0. The van der Waals surface area contributed by atoms with Crippen LogP contribution >= 0.6 is 0 Å². The minimum absolute atomic E-state index is 0.346. The summed E-state index contributed by atoms with van der Waals surface area (Å²) in [6.45, 7) is 3.55. The Balaban J connectivity index is 2.83. The summed E-state index contributed by atoms with van der Waals surface area (Å²) >= 11 is 0. The van der Waals surface area contributed by atoms with Gasteiger partial charge in [-0.3, -0.25) is 0 Å². The predicted molar refractivity (Wildman–Crippen MR) is 49.3 cm³/mol. The zero-order valence-electron chi connectivity index (χ0n) is 7.04. The average molecular weight is 148 g/mol. The second-order valence-electron chi connectivity index (χ2n) is 2.77. The van der Waals surface area contributed by atoms with Gasteiger partial charge in [-0.05, 0) is 17.4 Å². The first kappa shape index (κ1) is 8.34. The van der Waals surface area contributed by atoms with E-state index in [0.717, 1.165) is 11.9 Å². The van der Waals surface area contributed by atoms with Crippen LogP contribution in [0.3, 0.4) is 0 Å². The Morgan fingerprint density at radius 2 is 1.82 bits per heavy atom. The SMILES string of the molecule is CCc1ccc(B(C)O)cc1. The molecule has 1 aromatic rings. The van der Waals surface area contributed by atoms with Crippen molar-refractivity contribution >= 4 is 12.4 Å². The normalized spacial score (nSPS) is 9.73. The van der Waals surface area contributed by atoms with Gasteiger partial charge >= 0.3 is 6.92 Å². The van der Waals surface area contributed by atoms with Crippen LogP contribution < -0.4 is 5.46 Å². The van der Waals surface area contributed by atoms with Crippen molar-refractivity contribution in [1.29, 1.82) is 0 Å². The smallest absolute Gasteiger partial charge is 0.320 e. The van der Waals surface area contributed by atoms with Gasteiger partial charge in [0.05, 0.1) is 0 Å². The zero-order valence-corrected chi connectivity index (χ0v) is 7.04. The molecule has 0 amide bonds. The van der Waals surface area contributed by atoms with Crippen molar-refractivity contribution in [1.82, 2.24) is 0 Å². The third kappa shape index (κ3) is 2.09. The Labute approximate surface area is 68.2 Å². The molecule has 0 spiro atoms. The van der Waals surface area contributed by atoms with E-state index in [9.17, 15) is 5.02 Å². The van der Waals surface area contributed by atoms with Crippen LogP contribution in [0.5, 0.6) is 0 Å². The number of aryl methyl sites for hydroxylation is 1. The zero-order chi connectivity index (χ0) is 8.27.